The van der Waals surface area contributed by atoms with Crippen LogP contribution in [0.1, 0.15) is 134 Å². The first-order valence-electron chi connectivity index (χ1n) is 23.8. The smallest absolute Gasteiger partial charge is 0.133 e. The molecule has 68 heavy (non-hydrogen) atoms. The fourth-order valence-electron chi connectivity index (χ4n) is 2.92. The van der Waals surface area contributed by atoms with Crippen molar-refractivity contribution in [1.82, 2.24) is 30.7 Å². The second kappa shape index (κ2) is 74.3. The third-order valence-corrected chi connectivity index (χ3v) is 5.44. The number of phenols is 4. The molecule has 0 saturated heterocycles. The summed E-state index contributed by atoms with van der Waals surface area (Å²) in [7, 11) is 0. The van der Waals surface area contributed by atoms with Crippen molar-refractivity contribution in [3.05, 3.63) is 193 Å². The van der Waals surface area contributed by atoms with Crippen LogP contribution in [0, 0.1) is 27.7 Å². The van der Waals surface area contributed by atoms with Gasteiger partial charge >= 0.3 is 0 Å². The molecule has 8 rings (SSSR count). The number of aromatic amines is 2. The highest BCUT2D eigenvalue weighted by atomic mass is 16.5. The largest absolute Gasteiger partial charge is 0.508 e. The third kappa shape index (κ3) is 70.6. The number of phenolic OH excluding ortho intramolecular Hbond substituents is 4. The maximum Gasteiger partial charge on any atom is 0.133 e. The molecule has 12 nitrogen and oxygen atoms in total. The molecule has 0 aliphatic carbocycles. The maximum absolute atomic E-state index is 8.63. The van der Waals surface area contributed by atoms with Gasteiger partial charge in [0, 0.05) is 35.9 Å². The van der Waals surface area contributed by atoms with E-state index >= 15 is 0 Å². The summed E-state index contributed by atoms with van der Waals surface area (Å²) in [5.41, 5.74) is 3.14. The van der Waals surface area contributed by atoms with E-state index in [0.29, 0.717) is 23.0 Å². The zero-order valence-electron chi connectivity index (χ0n) is 45.6. The summed E-state index contributed by atoms with van der Waals surface area (Å²) in [5, 5.41) is 54.4. The standard InChI is InChI=1S/4C6H6O.2C4H6N2.2C4H5NO.8C2H6/c4*7-6-4-2-1-3-5-6;2*1-4-2-3-5-6-4;1-4-2-3-6-5-4;1-4-2-3-5-6-4;8*1-2/h4*1-5,7H;2*2-3H,1H3,(H,5,6);2*2-3H,1H3;8*1-2H3. The van der Waals surface area contributed by atoms with Crippen LogP contribution in [0.4, 0.5) is 0 Å². The Morgan fingerprint density at radius 2 is 0.632 bits per heavy atom. The molecule has 4 aromatic carbocycles. The molecule has 8 aromatic rings. The predicted molar refractivity (Wildman–Crippen MR) is 292 cm³/mol. The van der Waals surface area contributed by atoms with E-state index in [4.69, 9.17) is 20.4 Å². The monoisotopic (exact) mass is 947 g/mol. The molecule has 0 bridgehead atoms. The van der Waals surface area contributed by atoms with E-state index in [1.54, 1.807) is 134 Å². The summed E-state index contributed by atoms with van der Waals surface area (Å²) in [4.78, 5) is 0. The van der Waals surface area contributed by atoms with Crippen LogP contribution in [0.2, 0.25) is 0 Å². The first-order chi connectivity index (χ1) is 33.2. The maximum atomic E-state index is 8.63. The van der Waals surface area contributed by atoms with Crippen molar-refractivity contribution in [3.63, 3.8) is 0 Å². The van der Waals surface area contributed by atoms with Crippen LogP contribution in [-0.2, 0) is 0 Å². The number of hydrogen-bond donors (Lipinski definition) is 6. The number of rotatable bonds is 0. The Morgan fingerprint density at radius 3 is 0.706 bits per heavy atom. The van der Waals surface area contributed by atoms with E-state index in [1.165, 1.54) is 0 Å². The number of nitrogens with one attached hydrogen (secondary N) is 2. The summed E-state index contributed by atoms with van der Waals surface area (Å²) in [6.45, 7) is 39.7. The second-order valence-electron chi connectivity index (χ2n) is 10.1. The lowest BCUT2D eigenvalue weighted by atomic mass is 10.3. The van der Waals surface area contributed by atoms with Crippen LogP contribution in [0.3, 0.4) is 0 Å². The normalized spacial score (nSPS) is 7.35. The van der Waals surface area contributed by atoms with Gasteiger partial charge in [0.05, 0.1) is 11.9 Å². The Balaban J connectivity index is -0.0000000967. The predicted octanol–water partition coefficient (Wildman–Crippen LogP) is 17.2. The van der Waals surface area contributed by atoms with Crippen LogP contribution >= 0.6 is 0 Å². The molecule has 384 valence electrons. The van der Waals surface area contributed by atoms with Crippen molar-refractivity contribution >= 4 is 0 Å². The van der Waals surface area contributed by atoms with E-state index in [1.807, 2.05) is 175 Å². The fourth-order valence-corrected chi connectivity index (χ4v) is 2.92. The van der Waals surface area contributed by atoms with Gasteiger partial charge in [-0.15, -0.1) is 0 Å². The highest BCUT2D eigenvalue weighted by Gasteiger charge is 1.80. The van der Waals surface area contributed by atoms with E-state index < -0.39 is 0 Å². The quantitative estimate of drug-likeness (QED) is 0.0853. The van der Waals surface area contributed by atoms with E-state index in [2.05, 4.69) is 39.8 Å². The zero-order valence-corrected chi connectivity index (χ0v) is 45.6. The molecule has 0 aliphatic rings. The summed E-state index contributed by atoms with van der Waals surface area (Å²) >= 11 is 0. The topological polar surface area (TPSA) is 190 Å². The molecular weight excluding hydrogens is 853 g/mol. The van der Waals surface area contributed by atoms with Gasteiger partial charge in [0.2, 0.25) is 0 Å². The molecule has 0 radical (unpaired) electrons. The van der Waals surface area contributed by atoms with Crippen LogP contribution in [0.5, 0.6) is 23.0 Å². The number of hydrogen-bond acceptors (Lipinski definition) is 10. The van der Waals surface area contributed by atoms with Gasteiger partial charge in [-0.1, -0.05) is 194 Å². The SMILES string of the molecule is CC.CC.CC.CC.CC.CC.CC.CC.Cc1ccn[nH]1.Cc1ccn[nH]1.Cc1ccno1.Cc1ccon1.Oc1ccccc1.Oc1ccccc1.Oc1ccccc1.Oc1ccccc1. The minimum absolute atomic E-state index is 0.322. The molecule has 0 fully saturated rings. The Labute approximate surface area is 413 Å². The molecule has 0 amide bonds. The lowest BCUT2D eigenvalue weighted by Crippen LogP contribution is -1.65. The molecule has 12 heteroatoms. The van der Waals surface area contributed by atoms with Crippen molar-refractivity contribution < 1.29 is 29.5 Å². The third-order valence-electron chi connectivity index (χ3n) is 5.44. The second-order valence-corrected chi connectivity index (χ2v) is 10.1. The number of benzene rings is 4. The summed E-state index contributed by atoms with van der Waals surface area (Å²) in [6.07, 6.45) is 6.63. The van der Waals surface area contributed by atoms with Gasteiger partial charge in [0.25, 0.3) is 0 Å². The van der Waals surface area contributed by atoms with Gasteiger partial charge in [-0.2, -0.15) is 10.2 Å². The van der Waals surface area contributed by atoms with Crippen LogP contribution in [-0.4, -0.2) is 51.1 Å². The van der Waals surface area contributed by atoms with Crippen molar-refractivity contribution in [3.8, 4) is 23.0 Å². The first kappa shape index (κ1) is 78.1. The number of nitrogens with zero attached hydrogens (tertiary/aromatic N) is 4. The first-order valence-corrected chi connectivity index (χ1v) is 23.8. The van der Waals surface area contributed by atoms with E-state index in [9.17, 15) is 0 Å². The van der Waals surface area contributed by atoms with Crippen molar-refractivity contribution in [2.24, 2.45) is 0 Å². The summed E-state index contributed by atoms with van der Waals surface area (Å²) in [5.74, 6) is 2.14. The van der Waals surface area contributed by atoms with Crippen molar-refractivity contribution in [2.75, 3.05) is 0 Å². The zero-order chi connectivity index (χ0) is 54.1. The van der Waals surface area contributed by atoms with Gasteiger partial charge in [-0.25, -0.2) is 0 Å². The summed E-state index contributed by atoms with van der Waals surface area (Å²) < 4.78 is 9.05. The summed E-state index contributed by atoms with van der Waals surface area (Å²) in [6, 6.07) is 42.3. The van der Waals surface area contributed by atoms with Crippen molar-refractivity contribution in [2.45, 2.75) is 138 Å². The number of aromatic hydroxyl groups is 4. The van der Waals surface area contributed by atoms with Gasteiger partial charge in [0.1, 0.15) is 35.0 Å². The molecular formula is C56H94N6O6. The molecule has 6 N–H and O–H groups in total. The molecule has 0 spiro atoms. The average Bonchev–Trinajstić information content (AvgIpc) is 4.29. The lowest BCUT2D eigenvalue weighted by molar-refractivity contribution is 0.397. The Kier molecular flexibility index (Phi) is 85.3. The highest BCUT2D eigenvalue weighted by molar-refractivity contribution is 5.20. The molecule has 0 unspecified atom stereocenters. The number of para-hydroxylation sites is 4. The van der Waals surface area contributed by atoms with Gasteiger partial charge in [0.15, 0.2) is 0 Å². The molecule has 4 heterocycles. The molecule has 0 saturated carbocycles. The highest BCUT2D eigenvalue weighted by Crippen LogP contribution is 2.05. The minimum Gasteiger partial charge on any atom is -0.508 e. The minimum atomic E-state index is 0.322. The van der Waals surface area contributed by atoms with Gasteiger partial charge in [-0.3, -0.25) is 10.2 Å². The molecule has 0 aliphatic heterocycles. The number of H-pyrrole nitrogens is 2. The van der Waals surface area contributed by atoms with E-state index in [0.717, 1.165) is 22.8 Å². The number of aromatic nitrogens is 6. The Bertz CT molecular complexity index is 1550. The fraction of sp³-hybridized carbons (Fsp3) is 0.357. The van der Waals surface area contributed by atoms with E-state index in [-0.39, 0.29) is 0 Å². The number of aryl methyl sites for hydroxylation is 4. The van der Waals surface area contributed by atoms with Gasteiger partial charge < -0.3 is 29.5 Å². The molecule has 0 atom stereocenters. The Morgan fingerprint density at radius 1 is 0.353 bits per heavy atom. The van der Waals surface area contributed by atoms with Crippen LogP contribution < -0.4 is 0 Å². The average molecular weight is 947 g/mol. The van der Waals surface area contributed by atoms with Crippen LogP contribution in [0.15, 0.2) is 179 Å². The molecule has 4 aromatic heterocycles. The van der Waals surface area contributed by atoms with Crippen LogP contribution in [0.25, 0.3) is 0 Å². The van der Waals surface area contributed by atoms with Gasteiger partial charge in [-0.05, 0) is 88.4 Å². The van der Waals surface area contributed by atoms with Crippen molar-refractivity contribution in [1.29, 1.82) is 0 Å². The lowest BCUT2D eigenvalue weighted by Gasteiger charge is -1.82. The Hall–Kier alpha value is -7.08.